The molecule has 0 saturated carbocycles. The van der Waals surface area contributed by atoms with Crippen molar-refractivity contribution in [1.82, 2.24) is 4.90 Å². The highest BCUT2D eigenvalue weighted by Crippen LogP contribution is 2.19. The Bertz CT molecular complexity index is 503. The van der Waals surface area contributed by atoms with Crippen LogP contribution >= 0.6 is 0 Å². The molecule has 2 atom stereocenters. The van der Waals surface area contributed by atoms with Crippen molar-refractivity contribution in [3.8, 4) is 0 Å². The third kappa shape index (κ3) is 8.34. The minimum atomic E-state index is -0.726. The molecule has 0 radical (unpaired) electrons. The maximum absolute atomic E-state index is 12.1. The summed E-state index contributed by atoms with van der Waals surface area (Å²) in [5.41, 5.74) is -1.17. The number of ether oxygens (including phenoxy) is 3. The Morgan fingerprint density at radius 1 is 1.04 bits per heavy atom. The van der Waals surface area contributed by atoms with Gasteiger partial charge in [0.2, 0.25) is 0 Å². The molecule has 7 nitrogen and oxygen atoms in total. The van der Waals surface area contributed by atoms with Crippen LogP contribution in [0, 0.1) is 0 Å². The van der Waals surface area contributed by atoms with Gasteiger partial charge in [0.05, 0.1) is 12.6 Å². The van der Waals surface area contributed by atoms with E-state index in [9.17, 15) is 14.4 Å². The second-order valence-corrected chi connectivity index (χ2v) is 8.34. The van der Waals surface area contributed by atoms with Gasteiger partial charge in [0.1, 0.15) is 23.7 Å². The first-order valence-electron chi connectivity index (χ1n) is 8.65. The second kappa shape index (κ2) is 8.17. The number of nitrogens with zero attached hydrogens (tertiary/aromatic N) is 1. The second-order valence-electron chi connectivity index (χ2n) is 8.34. The van der Waals surface area contributed by atoms with Gasteiger partial charge in [-0.05, 0) is 54.9 Å². The molecule has 7 heteroatoms. The number of carbonyl (C=O) groups is 3. The lowest BCUT2D eigenvalue weighted by atomic mass is 10.1. The lowest BCUT2D eigenvalue weighted by molar-refractivity contribution is -0.158. The van der Waals surface area contributed by atoms with Crippen molar-refractivity contribution in [2.75, 3.05) is 13.1 Å². The van der Waals surface area contributed by atoms with Gasteiger partial charge < -0.3 is 19.1 Å². The van der Waals surface area contributed by atoms with Crippen LogP contribution in [0.3, 0.4) is 0 Å². The van der Waals surface area contributed by atoms with Crippen LogP contribution in [0.1, 0.15) is 61.3 Å². The molecule has 0 aromatic carbocycles. The van der Waals surface area contributed by atoms with E-state index >= 15 is 0 Å². The van der Waals surface area contributed by atoms with Crippen molar-refractivity contribution in [1.29, 1.82) is 0 Å². The van der Waals surface area contributed by atoms with E-state index in [1.165, 1.54) is 0 Å². The Morgan fingerprint density at radius 2 is 1.60 bits per heavy atom. The molecular weight excluding hydrogens is 326 g/mol. The molecule has 1 aliphatic rings. The van der Waals surface area contributed by atoms with E-state index in [1.807, 2.05) is 20.8 Å². The third-order valence-corrected chi connectivity index (χ3v) is 3.39. The first kappa shape index (κ1) is 21.4. The maximum Gasteiger partial charge on any atom is 0.410 e. The third-order valence-electron chi connectivity index (χ3n) is 3.39. The van der Waals surface area contributed by atoms with Crippen molar-refractivity contribution in [2.24, 2.45) is 0 Å². The van der Waals surface area contributed by atoms with E-state index in [0.29, 0.717) is 19.5 Å². The van der Waals surface area contributed by atoms with Gasteiger partial charge in [0, 0.05) is 6.54 Å². The Balaban J connectivity index is 2.43. The first-order valence-corrected chi connectivity index (χ1v) is 8.65. The monoisotopic (exact) mass is 357 g/mol. The predicted octanol–water partition coefficient (Wildman–Crippen LogP) is 2.70. The Kier molecular flexibility index (Phi) is 6.99. The van der Waals surface area contributed by atoms with Crippen LogP contribution in [0.5, 0.6) is 0 Å². The molecule has 0 aliphatic carbocycles. The molecule has 1 unspecified atom stereocenters. The molecule has 1 amide bonds. The zero-order valence-corrected chi connectivity index (χ0v) is 16.4. The molecule has 0 bridgehead atoms. The molecular formula is C18H31NO6. The number of ketones is 1. The quantitative estimate of drug-likeness (QED) is 0.556. The number of amides is 1. The molecule has 1 fully saturated rings. The summed E-state index contributed by atoms with van der Waals surface area (Å²) >= 11 is 0. The van der Waals surface area contributed by atoms with Crippen molar-refractivity contribution in [3.05, 3.63) is 0 Å². The van der Waals surface area contributed by atoms with E-state index in [1.54, 1.807) is 32.6 Å². The SMILES string of the molecule is CC(O[C@@H]1CCN(C(=O)OC(C)(C)C)C1)C(=O)CC(=O)OC(C)(C)C. The molecule has 1 saturated heterocycles. The fraction of sp³-hybridized carbons (Fsp3) is 0.833. The number of hydrogen-bond acceptors (Lipinski definition) is 6. The minimum Gasteiger partial charge on any atom is -0.460 e. The smallest absolute Gasteiger partial charge is 0.410 e. The van der Waals surface area contributed by atoms with Gasteiger partial charge in [0.25, 0.3) is 0 Å². The largest absolute Gasteiger partial charge is 0.460 e. The van der Waals surface area contributed by atoms with E-state index in [4.69, 9.17) is 14.2 Å². The lowest BCUT2D eigenvalue weighted by Crippen LogP contribution is -2.37. The molecule has 25 heavy (non-hydrogen) atoms. The first-order chi connectivity index (χ1) is 11.3. The lowest BCUT2D eigenvalue weighted by Gasteiger charge is -2.24. The van der Waals surface area contributed by atoms with Crippen LogP contribution in [0.2, 0.25) is 0 Å². The maximum atomic E-state index is 12.1. The van der Waals surface area contributed by atoms with Crippen LogP contribution < -0.4 is 0 Å². The number of Topliss-reactive ketones (excluding diaryl/α,β-unsaturated/α-hetero) is 1. The Morgan fingerprint density at radius 3 is 2.12 bits per heavy atom. The van der Waals surface area contributed by atoms with Crippen LogP contribution in [-0.2, 0) is 23.8 Å². The van der Waals surface area contributed by atoms with E-state index in [2.05, 4.69) is 0 Å². The van der Waals surface area contributed by atoms with Crippen molar-refractivity contribution >= 4 is 17.8 Å². The molecule has 144 valence electrons. The average Bonchev–Trinajstić information content (AvgIpc) is 2.82. The van der Waals surface area contributed by atoms with Crippen LogP contribution in [-0.4, -0.2) is 59.2 Å². The Labute approximate surface area is 150 Å². The number of carbonyl (C=O) groups excluding carboxylic acids is 3. The van der Waals surface area contributed by atoms with Crippen molar-refractivity contribution < 1.29 is 28.6 Å². The standard InChI is InChI=1S/C18H31NO6/c1-12(14(20)10-15(21)24-17(2,3)4)23-13-8-9-19(11-13)16(22)25-18(5,6)7/h12-13H,8-11H2,1-7H3/t12?,13-/m1/s1. The van der Waals surface area contributed by atoms with Gasteiger partial charge in [-0.15, -0.1) is 0 Å². The highest BCUT2D eigenvalue weighted by Gasteiger charge is 2.32. The zero-order chi connectivity index (χ0) is 19.4. The molecule has 0 spiro atoms. The summed E-state index contributed by atoms with van der Waals surface area (Å²) in [6.07, 6.45) is -1.04. The molecule has 0 aromatic rings. The topological polar surface area (TPSA) is 82.1 Å². The summed E-state index contributed by atoms with van der Waals surface area (Å²) in [6.45, 7) is 13.2. The fourth-order valence-corrected chi connectivity index (χ4v) is 2.36. The predicted molar refractivity (Wildman–Crippen MR) is 92.2 cm³/mol. The average molecular weight is 357 g/mol. The summed E-state index contributed by atoms with van der Waals surface area (Å²) in [4.78, 5) is 37.4. The van der Waals surface area contributed by atoms with Gasteiger partial charge in [-0.3, -0.25) is 9.59 Å². The Hall–Kier alpha value is -1.63. The van der Waals surface area contributed by atoms with Crippen LogP contribution in [0.4, 0.5) is 4.79 Å². The van der Waals surface area contributed by atoms with E-state index in [-0.39, 0.29) is 24.4 Å². The molecule has 0 N–H and O–H groups in total. The van der Waals surface area contributed by atoms with Gasteiger partial charge in [-0.2, -0.15) is 0 Å². The summed E-state index contributed by atoms with van der Waals surface area (Å²) in [6, 6.07) is 0. The summed E-state index contributed by atoms with van der Waals surface area (Å²) in [5.74, 6) is -0.889. The van der Waals surface area contributed by atoms with E-state index in [0.717, 1.165) is 0 Å². The van der Waals surface area contributed by atoms with E-state index < -0.39 is 23.3 Å². The summed E-state index contributed by atoms with van der Waals surface area (Å²) < 4.78 is 16.2. The zero-order valence-electron chi connectivity index (χ0n) is 16.4. The summed E-state index contributed by atoms with van der Waals surface area (Å²) in [7, 11) is 0. The van der Waals surface area contributed by atoms with Gasteiger partial charge in [-0.1, -0.05) is 0 Å². The number of hydrogen-bond donors (Lipinski definition) is 0. The van der Waals surface area contributed by atoms with Gasteiger partial charge >= 0.3 is 12.1 Å². The van der Waals surface area contributed by atoms with Crippen LogP contribution in [0.25, 0.3) is 0 Å². The van der Waals surface area contributed by atoms with Crippen molar-refractivity contribution in [2.45, 2.75) is 84.7 Å². The van der Waals surface area contributed by atoms with Gasteiger partial charge in [0.15, 0.2) is 5.78 Å². The molecule has 1 rings (SSSR count). The molecule has 1 heterocycles. The molecule has 1 aliphatic heterocycles. The van der Waals surface area contributed by atoms with Gasteiger partial charge in [-0.25, -0.2) is 4.79 Å². The number of rotatable bonds is 5. The number of esters is 1. The summed E-state index contributed by atoms with van der Waals surface area (Å²) in [5, 5.41) is 0. The minimum absolute atomic E-state index is 0.245. The normalized spacial score (nSPS) is 19.5. The fourth-order valence-electron chi connectivity index (χ4n) is 2.36. The number of likely N-dealkylation sites (tertiary alicyclic amines) is 1. The molecule has 0 aromatic heterocycles. The highest BCUT2D eigenvalue weighted by atomic mass is 16.6. The highest BCUT2D eigenvalue weighted by molar-refractivity contribution is 5.97. The van der Waals surface area contributed by atoms with Crippen LogP contribution in [0.15, 0.2) is 0 Å². The van der Waals surface area contributed by atoms with Crippen molar-refractivity contribution in [3.63, 3.8) is 0 Å².